The first-order valence-electron chi connectivity index (χ1n) is 6.88. The molecule has 7 heteroatoms. The van der Waals surface area contributed by atoms with E-state index in [9.17, 15) is 14.7 Å². The second kappa shape index (κ2) is 5.82. The number of nitrogens with zero attached hydrogens (tertiary/aromatic N) is 1. The molecule has 3 rings (SSSR count). The number of carboxylic acids is 1. The van der Waals surface area contributed by atoms with Crippen LogP contribution in [0.3, 0.4) is 0 Å². The average molecular weight is 346 g/mol. The van der Waals surface area contributed by atoms with Gasteiger partial charge in [-0.05, 0) is 25.5 Å². The third kappa shape index (κ3) is 3.16. The van der Waals surface area contributed by atoms with Crippen LogP contribution in [0.15, 0.2) is 46.3 Å². The third-order valence-corrected chi connectivity index (χ3v) is 5.46. The zero-order valence-corrected chi connectivity index (χ0v) is 14.1. The lowest BCUT2D eigenvalue weighted by Gasteiger charge is -2.16. The van der Waals surface area contributed by atoms with E-state index in [1.165, 1.54) is 11.3 Å². The highest BCUT2D eigenvalue weighted by molar-refractivity contribution is 8.01. The third-order valence-electron chi connectivity index (χ3n) is 3.31. The molecule has 2 aromatic heterocycles. The van der Waals surface area contributed by atoms with E-state index in [-0.39, 0.29) is 5.56 Å². The maximum atomic E-state index is 12.3. The second-order valence-corrected chi connectivity index (χ2v) is 8.13. The van der Waals surface area contributed by atoms with E-state index >= 15 is 0 Å². The quantitative estimate of drug-likeness (QED) is 0.557. The monoisotopic (exact) mass is 346 g/mol. The lowest BCUT2D eigenvalue weighted by molar-refractivity contribution is -0.138. The molecule has 0 atom stereocenters. The van der Waals surface area contributed by atoms with Crippen LogP contribution in [0.5, 0.6) is 0 Å². The van der Waals surface area contributed by atoms with Gasteiger partial charge in [0, 0.05) is 4.88 Å². The van der Waals surface area contributed by atoms with Crippen molar-refractivity contribution in [3.8, 4) is 10.4 Å². The zero-order valence-electron chi connectivity index (χ0n) is 12.5. The van der Waals surface area contributed by atoms with Crippen LogP contribution in [0.4, 0.5) is 0 Å². The number of thiophene rings is 1. The van der Waals surface area contributed by atoms with Crippen molar-refractivity contribution >= 4 is 39.3 Å². The van der Waals surface area contributed by atoms with Gasteiger partial charge < -0.3 is 10.1 Å². The summed E-state index contributed by atoms with van der Waals surface area (Å²) in [5, 5.41) is 10.0. The van der Waals surface area contributed by atoms with Gasteiger partial charge in [0.2, 0.25) is 0 Å². The summed E-state index contributed by atoms with van der Waals surface area (Å²) in [5.41, 5.74) is 0.770. The highest BCUT2D eigenvalue weighted by Gasteiger charge is 2.30. The minimum absolute atomic E-state index is 0.253. The number of fused-ring (bicyclic) bond motifs is 1. The molecule has 0 spiro atoms. The second-order valence-electron chi connectivity index (χ2n) is 5.48. The van der Waals surface area contributed by atoms with Gasteiger partial charge in [-0.15, -0.1) is 11.3 Å². The van der Waals surface area contributed by atoms with E-state index in [0.29, 0.717) is 15.4 Å². The van der Waals surface area contributed by atoms with Gasteiger partial charge in [0.05, 0.1) is 5.39 Å². The van der Waals surface area contributed by atoms with Gasteiger partial charge >= 0.3 is 5.97 Å². The Bertz CT molecular complexity index is 929. The van der Waals surface area contributed by atoms with Crippen LogP contribution < -0.4 is 5.56 Å². The van der Waals surface area contributed by atoms with Crippen molar-refractivity contribution in [3.63, 3.8) is 0 Å². The van der Waals surface area contributed by atoms with Gasteiger partial charge in [0.1, 0.15) is 9.58 Å². The molecule has 0 saturated carbocycles. The number of rotatable bonds is 4. The molecule has 0 aliphatic carbocycles. The predicted molar refractivity (Wildman–Crippen MR) is 93.2 cm³/mol. The van der Waals surface area contributed by atoms with Crippen LogP contribution in [0.1, 0.15) is 13.8 Å². The van der Waals surface area contributed by atoms with E-state index < -0.39 is 10.7 Å². The zero-order chi connectivity index (χ0) is 16.6. The Kier molecular flexibility index (Phi) is 3.99. The SMILES string of the molecule is CC(C)(Sc1nc2sc(-c3ccccc3)cc2c(=O)[nH]1)C(=O)O. The Morgan fingerprint density at radius 1 is 1.30 bits per heavy atom. The van der Waals surface area contributed by atoms with Gasteiger partial charge in [-0.1, -0.05) is 42.1 Å². The molecule has 0 radical (unpaired) electrons. The van der Waals surface area contributed by atoms with Crippen molar-refractivity contribution in [2.75, 3.05) is 0 Å². The highest BCUT2D eigenvalue weighted by atomic mass is 32.2. The first-order valence-corrected chi connectivity index (χ1v) is 8.52. The van der Waals surface area contributed by atoms with Crippen LogP contribution in [-0.4, -0.2) is 25.8 Å². The van der Waals surface area contributed by atoms with Gasteiger partial charge in [-0.2, -0.15) is 0 Å². The molecule has 0 aliphatic heterocycles. The van der Waals surface area contributed by atoms with Crippen LogP contribution in [0.2, 0.25) is 0 Å². The van der Waals surface area contributed by atoms with Crippen LogP contribution >= 0.6 is 23.1 Å². The maximum Gasteiger partial charge on any atom is 0.319 e. The van der Waals surface area contributed by atoms with E-state index in [4.69, 9.17) is 0 Å². The summed E-state index contributed by atoms with van der Waals surface area (Å²) in [6.45, 7) is 3.15. The number of nitrogens with one attached hydrogen (secondary N) is 1. The molecular formula is C16H14N2O3S2. The van der Waals surface area contributed by atoms with E-state index in [1.807, 2.05) is 36.4 Å². The summed E-state index contributed by atoms with van der Waals surface area (Å²) in [7, 11) is 0. The van der Waals surface area contributed by atoms with Crippen molar-refractivity contribution in [1.82, 2.24) is 9.97 Å². The van der Waals surface area contributed by atoms with Crippen molar-refractivity contribution in [2.24, 2.45) is 0 Å². The Hall–Kier alpha value is -2.12. The summed E-state index contributed by atoms with van der Waals surface area (Å²) in [6.07, 6.45) is 0. The maximum absolute atomic E-state index is 12.3. The summed E-state index contributed by atoms with van der Waals surface area (Å²) >= 11 is 2.45. The summed E-state index contributed by atoms with van der Waals surface area (Å²) in [6, 6.07) is 11.6. The Labute approximate surface area is 140 Å². The number of aromatic nitrogens is 2. The molecule has 0 bridgehead atoms. The molecule has 0 fully saturated rings. The molecule has 0 amide bonds. The minimum atomic E-state index is -1.07. The predicted octanol–water partition coefficient (Wildman–Crippen LogP) is 3.61. The lowest BCUT2D eigenvalue weighted by Crippen LogP contribution is -2.27. The fourth-order valence-corrected chi connectivity index (χ4v) is 3.94. The first-order chi connectivity index (χ1) is 10.9. The molecule has 3 aromatic rings. The Balaban J connectivity index is 2.05. The largest absolute Gasteiger partial charge is 0.480 e. The number of hydrogen-bond acceptors (Lipinski definition) is 5. The number of aliphatic carboxylic acids is 1. The van der Waals surface area contributed by atoms with E-state index in [2.05, 4.69) is 9.97 Å². The molecule has 23 heavy (non-hydrogen) atoms. The van der Waals surface area contributed by atoms with Crippen molar-refractivity contribution in [1.29, 1.82) is 0 Å². The van der Waals surface area contributed by atoms with Gasteiger partial charge in [0.15, 0.2) is 5.16 Å². The number of benzene rings is 1. The molecule has 5 nitrogen and oxygen atoms in total. The van der Waals surface area contributed by atoms with Gasteiger partial charge in [0.25, 0.3) is 5.56 Å². The summed E-state index contributed by atoms with van der Waals surface area (Å²) in [4.78, 5) is 32.1. The smallest absolute Gasteiger partial charge is 0.319 e. The van der Waals surface area contributed by atoms with Crippen LogP contribution in [-0.2, 0) is 4.79 Å². The Morgan fingerprint density at radius 3 is 2.65 bits per heavy atom. The molecule has 2 N–H and O–H groups in total. The molecule has 0 unspecified atom stereocenters. The molecule has 0 saturated heterocycles. The van der Waals surface area contributed by atoms with Crippen molar-refractivity contribution < 1.29 is 9.90 Å². The normalized spacial score (nSPS) is 11.7. The number of thioether (sulfide) groups is 1. The topological polar surface area (TPSA) is 83.0 Å². The van der Waals surface area contributed by atoms with Crippen LogP contribution in [0, 0.1) is 0 Å². The number of carboxylic acid groups (broad SMARTS) is 1. The van der Waals surface area contributed by atoms with Gasteiger partial charge in [-0.3, -0.25) is 9.59 Å². The average Bonchev–Trinajstić information content (AvgIpc) is 2.92. The summed E-state index contributed by atoms with van der Waals surface area (Å²) < 4.78 is -1.07. The highest BCUT2D eigenvalue weighted by Crippen LogP contribution is 2.34. The van der Waals surface area contributed by atoms with E-state index in [0.717, 1.165) is 22.2 Å². The molecule has 1 aromatic carbocycles. The number of H-pyrrole nitrogens is 1. The molecule has 118 valence electrons. The minimum Gasteiger partial charge on any atom is -0.480 e. The van der Waals surface area contributed by atoms with Crippen molar-refractivity contribution in [2.45, 2.75) is 23.8 Å². The standard InChI is InChI=1S/C16H14N2O3S2/c1-16(2,14(20)21)23-15-17-12(19)10-8-11(22-13(10)18-15)9-6-4-3-5-7-9/h3-8H,1-2H3,(H,20,21)(H,17,18,19). The molecular weight excluding hydrogens is 332 g/mol. The lowest BCUT2D eigenvalue weighted by atomic mass is 10.2. The van der Waals surface area contributed by atoms with Crippen LogP contribution in [0.25, 0.3) is 20.7 Å². The summed E-state index contributed by atoms with van der Waals surface area (Å²) in [5.74, 6) is -0.957. The number of hydrogen-bond donors (Lipinski definition) is 2. The number of aromatic amines is 1. The first kappa shape index (κ1) is 15.8. The fourth-order valence-electron chi connectivity index (χ4n) is 1.99. The van der Waals surface area contributed by atoms with E-state index in [1.54, 1.807) is 13.8 Å². The molecule has 2 heterocycles. The van der Waals surface area contributed by atoms with Gasteiger partial charge in [-0.25, -0.2) is 4.98 Å². The van der Waals surface area contributed by atoms with Crippen molar-refractivity contribution in [3.05, 3.63) is 46.8 Å². The fraction of sp³-hybridized carbons (Fsp3) is 0.188. The Morgan fingerprint density at radius 2 is 2.00 bits per heavy atom. The number of carbonyl (C=O) groups is 1. The molecule has 0 aliphatic rings.